The van der Waals surface area contributed by atoms with E-state index in [4.69, 9.17) is 16.7 Å². The molecule has 1 aromatic rings. The first kappa shape index (κ1) is 16.0. The third-order valence-corrected chi connectivity index (χ3v) is 4.71. The van der Waals surface area contributed by atoms with Gasteiger partial charge in [0, 0.05) is 37.1 Å². The lowest BCUT2D eigenvalue weighted by atomic mass is 10.2. The Labute approximate surface area is 132 Å². The molecule has 114 valence electrons. The Morgan fingerprint density at radius 2 is 2.00 bits per heavy atom. The van der Waals surface area contributed by atoms with Gasteiger partial charge in [-0.25, -0.2) is 0 Å². The van der Waals surface area contributed by atoms with Crippen molar-refractivity contribution in [2.75, 3.05) is 26.2 Å². The number of thiophene rings is 1. The number of carboxylic acids is 1. The Bertz CT molecular complexity index is 550. The fraction of sp³-hybridized carbons (Fsp3) is 0.429. The molecule has 1 N–H and O–H groups in total. The third-order valence-electron chi connectivity index (χ3n) is 3.52. The molecule has 0 radical (unpaired) electrons. The molecule has 1 aliphatic heterocycles. The molecule has 2 rings (SSSR count). The maximum Gasteiger partial charge on any atom is 0.320 e. The summed E-state index contributed by atoms with van der Waals surface area (Å²) < 4.78 is 0.693. The smallest absolute Gasteiger partial charge is 0.320 e. The summed E-state index contributed by atoms with van der Waals surface area (Å²) in [5.41, 5.74) is 0. The van der Waals surface area contributed by atoms with Gasteiger partial charge in [0.1, 0.15) is 6.04 Å². The van der Waals surface area contributed by atoms with Gasteiger partial charge in [-0.1, -0.05) is 11.6 Å². The van der Waals surface area contributed by atoms with Crippen molar-refractivity contribution in [1.29, 1.82) is 0 Å². The number of piperazine rings is 1. The van der Waals surface area contributed by atoms with E-state index in [1.165, 1.54) is 11.3 Å². The lowest BCUT2D eigenvalue weighted by Gasteiger charge is -2.36. The number of halogens is 1. The van der Waals surface area contributed by atoms with Crippen molar-refractivity contribution in [2.24, 2.45) is 0 Å². The van der Waals surface area contributed by atoms with Gasteiger partial charge in [-0.2, -0.15) is 0 Å². The van der Waals surface area contributed by atoms with Crippen LogP contribution in [0.2, 0.25) is 4.34 Å². The molecule has 0 aliphatic carbocycles. The SMILES string of the molecule is CC(C(=O)O)N1CCN(C(=O)C=Cc2ccc(Cl)s2)CC1. The summed E-state index contributed by atoms with van der Waals surface area (Å²) >= 11 is 7.25. The molecule has 21 heavy (non-hydrogen) atoms. The summed E-state index contributed by atoms with van der Waals surface area (Å²) in [5, 5.41) is 8.98. The van der Waals surface area contributed by atoms with Gasteiger partial charge in [0.15, 0.2) is 0 Å². The predicted octanol–water partition coefficient (Wildman–Crippen LogP) is 2.03. The van der Waals surface area contributed by atoms with Crippen LogP contribution < -0.4 is 0 Å². The molecule has 0 spiro atoms. The molecule has 1 fully saturated rings. The Balaban J connectivity index is 1.86. The van der Waals surface area contributed by atoms with Crippen LogP contribution in [0.1, 0.15) is 11.8 Å². The van der Waals surface area contributed by atoms with Gasteiger partial charge in [-0.15, -0.1) is 11.3 Å². The molecule has 1 aromatic heterocycles. The second-order valence-corrected chi connectivity index (χ2v) is 6.60. The largest absolute Gasteiger partial charge is 0.480 e. The van der Waals surface area contributed by atoms with Gasteiger partial charge in [0.05, 0.1) is 4.34 Å². The van der Waals surface area contributed by atoms with Crippen molar-refractivity contribution in [3.8, 4) is 0 Å². The predicted molar refractivity (Wildman–Crippen MR) is 83.6 cm³/mol. The Kier molecular flexibility index (Phi) is 5.39. The molecule has 1 atom stereocenters. The van der Waals surface area contributed by atoms with E-state index in [9.17, 15) is 9.59 Å². The van der Waals surface area contributed by atoms with Crippen molar-refractivity contribution >= 4 is 40.9 Å². The molecule has 2 heterocycles. The minimum atomic E-state index is -0.829. The molecular formula is C14H17ClN2O3S. The molecule has 0 bridgehead atoms. The zero-order chi connectivity index (χ0) is 15.4. The zero-order valence-corrected chi connectivity index (χ0v) is 13.2. The molecule has 1 aliphatic rings. The average molecular weight is 329 g/mol. The van der Waals surface area contributed by atoms with Gasteiger partial charge >= 0.3 is 5.97 Å². The Hall–Kier alpha value is -1.37. The number of hydrogen-bond donors (Lipinski definition) is 1. The Morgan fingerprint density at radius 3 is 2.52 bits per heavy atom. The molecule has 7 heteroatoms. The molecule has 1 saturated heterocycles. The standard InChI is InChI=1S/C14H17ClN2O3S/c1-10(14(19)20)16-6-8-17(9-7-16)13(18)5-3-11-2-4-12(15)21-11/h2-5,10H,6-9H2,1H3,(H,19,20). The summed E-state index contributed by atoms with van der Waals surface area (Å²) in [6, 6.07) is 3.15. The number of rotatable bonds is 4. The second kappa shape index (κ2) is 7.06. The number of aliphatic carboxylic acids is 1. The third kappa shape index (κ3) is 4.30. The number of amides is 1. The van der Waals surface area contributed by atoms with Crippen LogP contribution in [0.5, 0.6) is 0 Å². The highest BCUT2D eigenvalue weighted by Crippen LogP contribution is 2.22. The molecule has 1 unspecified atom stereocenters. The number of carboxylic acid groups (broad SMARTS) is 1. The van der Waals surface area contributed by atoms with Gasteiger partial charge in [-0.3, -0.25) is 14.5 Å². The normalized spacial score (nSPS) is 18.1. The van der Waals surface area contributed by atoms with Crippen molar-refractivity contribution in [2.45, 2.75) is 13.0 Å². The van der Waals surface area contributed by atoms with E-state index in [0.717, 1.165) is 4.88 Å². The van der Waals surface area contributed by atoms with E-state index in [1.807, 2.05) is 11.0 Å². The van der Waals surface area contributed by atoms with Crippen LogP contribution in [0.4, 0.5) is 0 Å². The minimum absolute atomic E-state index is 0.0536. The molecule has 0 saturated carbocycles. The van der Waals surface area contributed by atoms with E-state index in [2.05, 4.69) is 0 Å². The highest BCUT2D eigenvalue weighted by atomic mass is 35.5. The van der Waals surface area contributed by atoms with Crippen LogP contribution in [-0.2, 0) is 9.59 Å². The van der Waals surface area contributed by atoms with Gasteiger partial charge in [0.2, 0.25) is 5.91 Å². The number of hydrogen-bond acceptors (Lipinski definition) is 4. The maximum atomic E-state index is 12.1. The van der Waals surface area contributed by atoms with Crippen molar-refractivity contribution in [3.63, 3.8) is 0 Å². The minimum Gasteiger partial charge on any atom is -0.480 e. The maximum absolute atomic E-state index is 12.1. The molecule has 5 nitrogen and oxygen atoms in total. The summed E-state index contributed by atoms with van der Waals surface area (Å²) in [6.07, 6.45) is 3.30. The fourth-order valence-corrected chi connectivity index (χ4v) is 3.13. The van der Waals surface area contributed by atoms with Crippen LogP contribution in [-0.4, -0.2) is 59.0 Å². The van der Waals surface area contributed by atoms with E-state index < -0.39 is 12.0 Å². The summed E-state index contributed by atoms with van der Waals surface area (Å²) in [4.78, 5) is 27.5. The first-order valence-electron chi connectivity index (χ1n) is 6.66. The van der Waals surface area contributed by atoms with Crippen LogP contribution in [0.15, 0.2) is 18.2 Å². The first-order chi connectivity index (χ1) is 9.97. The van der Waals surface area contributed by atoms with E-state index in [-0.39, 0.29) is 5.91 Å². The zero-order valence-electron chi connectivity index (χ0n) is 11.7. The quantitative estimate of drug-likeness (QED) is 0.859. The van der Waals surface area contributed by atoms with Crippen molar-refractivity contribution in [1.82, 2.24) is 9.80 Å². The highest BCUT2D eigenvalue weighted by Gasteiger charge is 2.26. The van der Waals surface area contributed by atoms with Gasteiger partial charge in [-0.05, 0) is 25.1 Å². The van der Waals surface area contributed by atoms with Crippen LogP contribution in [0.3, 0.4) is 0 Å². The topological polar surface area (TPSA) is 60.9 Å². The van der Waals surface area contributed by atoms with E-state index in [1.54, 1.807) is 30.0 Å². The Morgan fingerprint density at radius 1 is 1.33 bits per heavy atom. The lowest BCUT2D eigenvalue weighted by Crippen LogP contribution is -2.52. The van der Waals surface area contributed by atoms with Crippen LogP contribution >= 0.6 is 22.9 Å². The van der Waals surface area contributed by atoms with Crippen molar-refractivity contribution in [3.05, 3.63) is 27.4 Å². The van der Waals surface area contributed by atoms with E-state index in [0.29, 0.717) is 30.5 Å². The van der Waals surface area contributed by atoms with Crippen LogP contribution in [0, 0.1) is 0 Å². The summed E-state index contributed by atoms with van der Waals surface area (Å²) in [6.45, 7) is 3.92. The lowest BCUT2D eigenvalue weighted by molar-refractivity contribution is -0.143. The second-order valence-electron chi connectivity index (χ2n) is 4.85. The number of nitrogens with zero attached hydrogens (tertiary/aromatic N) is 2. The van der Waals surface area contributed by atoms with Gasteiger partial charge in [0.25, 0.3) is 0 Å². The average Bonchev–Trinajstić information content (AvgIpc) is 2.89. The fourth-order valence-electron chi connectivity index (χ4n) is 2.16. The monoisotopic (exact) mass is 328 g/mol. The summed E-state index contributed by atoms with van der Waals surface area (Å²) in [5.74, 6) is -0.883. The highest BCUT2D eigenvalue weighted by molar-refractivity contribution is 7.17. The molecule has 1 amide bonds. The number of carbonyl (C=O) groups excluding carboxylic acids is 1. The molecular weight excluding hydrogens is 312 g/mol. The first-order valence-corrected chi connectivity index (χ1v) is 7.86. The van der Waals surface area contributed by atoms with E-state index >= 15 is 0 Å². The number of carbonyl (C=O) groups is 2. The van der Waals surface area contributed by atoms with Crippen molar-refractivity contribution < 1.29 is 14.7 Å². The molecule has 0 aromatic carbocycles. The van der Waals surface area contributed by atoms with Crippen LogP contribution in [0.25, 0.3) is 6.08 Å². The van der Waals surface area contributed by atoms with Gasteiger partial charge < -0.3 is 10.0 Å². The summed E-state index contributed by atoms with van der Waals surface area (Å²) in [7, 11) is 0.